The highest BCUT2D eigenvalue weighted by Crippen LogP contribution is 2.57. The molecule has 3 aliphatic rings. The quantitative estimate of drug-likeness (QED) is 0.587. The highest BCUT2D eigenvalue weighted by atomic mass is 19.4. The molecule has 1 aromatic carbocycles. The first-order chi connectivity index (χ1) is 15.2. The van der Waals surface area contributed by atoms with Gasteiger partial charge in [0.25, 0.3) is 0 Å². The molecule has 0 spiro atoms. The van der Waals surface area contributed by atoms with Crippen LogP contribution >= 0.6 is 0 Å². The van der Waals surface area contributed by atoms with Crippen LogP contribution in [0.3, 0.4) is 0 Å². The van der Waals surface area contributed by atoms with E-state index in [1.54, 1.807) is 37.3 Å². The summed E-state index contributed by atoms with van der Waals surface area (Å²) in [7, 11) is 0. The number of halogens is 3. The monoisotopic (exact) mass is 450 g/mol. The van der Waals surface area contributed by atoms with Crippen molar-refractivity contribution in [1.82, 2.24) is 9.78 Å². The van der Waals surface area contributed by atoms with Crippen molar-refractivity contribution in [2.45, 2.75) is 63.8 Å². The molecule has 3 fully saturated rings. The standard InChI is InChI=1S/C23H25F3N2O4/c1-2-31-20(30)21-8-11-22(12-9-21,13-10-21)28-18(23(24,25)26)17(14-27-28)19(29)32-15-16-6-4-3-5-7-16/h3-7,14H,2,8-13,15H2,1H3. The first kappa shape index (κ1) is 22.4. The van der Waals surface area contributed by atoms with Crippen LogP contribution in [0.15, 0.2) is 36.5 Å². The fourth-order valence-corrected chi connectivity index (χ4v) is 5.01. The van der Waals surface area contributed by atoms with Crippen molar-refractivity contribution in [3.05, 3.63) is 53.3 Å². The number of hydrogen-bond donors (Lipinski definition) is 0. The maximum absolute atomic E-state index is 14.1. The molecule has 3 aliphatic carbocycles. The van der Waals surface area contributed by atoms with Crippen molar-refractivity contribution in [2.75, 3.05) is 6.61 Å². The van der Waals surface area contributed by atoms with Gasteiger partial charge < -0.3 is 9.47 Å². The SMILES string of the molecule is CCOC(=O)C12CCC(n3ncc(C(=O)OCc4ccccc4)c3C(F)(F)F)(CC1)CC2. The second-order valence-electron chi connectivity index (χ2n) is 8.60. The molecule has 3 saturated carbocycles. The molecule has 1 aromatic heterocycles. The van der Waals surface area contributed by atoms with Crippen molar-refractivity contribution in [3.63, 3.8) is 0 Å². The van der Waals surface area contributed by atoms with Crippen molar-refractivity contribution in [3.8, 4) is 0 Å². The molecule has 2 aromatic rings. The van der Waals surface area contributed by atoms with Gasteiger partial charge in [0, 0.05) is 0 Å². The molecule has 2 bridgehead atoms. The summed E-state index contributed by atoms with van der Waals surface area (Å²) in [5.41, 5.74) is -2.50. The predicted molar refractivity (Wildman–Crippen MR) is 108 cm³/mol. The maximum Gasteiger partial charge on any atom is 0.433 e. The molecule has 9 heteroatoms. The lowest BCUT2D eigenvalue weighted by Gasteiger charge is -2.52. The number of benzene rings is 1. The number of alkyl halides is 3. The Hall–Kier alpha value is -2.84. The lowest BCUT2D eigenvalue weighted by molar-refractivity contribution is -0.168. The van der Waals surface area contributed by atoms with Crippen LogP contribution in [0.1, 0.15) is 67.1 Å². The number of rotatable bonds is 6. The Labute approximate surface area is 183 Å². The highest BCUT2D eigenvalue weighted by molar-refractivity contribution is 5.90. The minimum Gasteiger partial charge on any atom is -0.466 e. The number of aromatic nitrogens is 2. The van der Waals surface area contributed by atoms with Gasteiger partial charge in [0.05, 0.1) is 23.8 Å². The largest absolute Gasteiger partial charge is 0.466 e. The molecular weight excluding hydrogens is 425 g/mol. The third-order valence-electron chi connectivity index (χ3n) is 6.83. The smallest absolute Gasteiger partial charge is 0.433 e. The average Bonchev–Trinajstić information content (AvgIpc) is 3.27. The van der Waals surface area contributed by atoms with Gasteiger partial charge in [-0.15, -0.1) is 0 Å². The third-order valence-corrected chi connectivity index (χ3v) is 6.83. The molecule has 0 atom stereocenters. The van der Waals surface area contributed by atoms with Gasteiger partial charge in [-0.3, -0.25) is 9.48 Å². The number of ether oxygens (including phenoxy) is 2. The summed E-state index contributed by atoms with van der Waals surface area (Å²) in [6.07, 6.45) is -1.39. The number of esters is 2. The highest BCUT2D eigenvalue weighted by Gasteiger charge is 2.56. The molecule has 0 N–H and O–H groups in total. The number of hydrogen-bond acceptors (Lipinski definition) is 5. The average molecular weight is 450 g/mol. The van der Waals surface area contributed by atoms with E-state index in [9.17, 15) is 22.8 Å². The van der Waals surface area contributed by atoms with Crippen LogP contribution in [0.25, 0.3) is 0 Å². The van der Waals surface area contributed by atoms with Crippen LogP contribution in [0, 0.1) is 5.41 Å². The number of carbonyl (C=O) groups is 2. The van der Waals surface area contributed by atoms with Gasteiger partial charge in [0.15, 0.2) is 5.69 Å². The fraction of sp³-hybridized carbons (Fsp3) is 0.522. The molecule has 0 unspecified atom stereocenters. The second-order valence-corrected chi connectivity index (χ2v) is 8.60. The van der Waals surface area contributed by atoms with Crippen molar-refractivity contribution < 1.29 is 32.2 Å². The molecule has 0 aliphatic heterocycles. The molecule has 6 nitrogen and oxygen atoms in total. The number of fused-ring (bicyclic) bond motifs is 3. The molecule has 1 heterocycles. The van der Waals surface area contributed by atoms with Gasteiger partial charge in [-0.25, -0.2) is 4.79 Å². The predicted octanol–water partition coefficient (Wildman–Crippen LogP) is 4.87. The Morgan fingerprint density at radius 3 is 2.22 bits per heavy atom. The summed E-state index contributed by atoms with van der Waals surface area (Å²) in [6.45, 7) is 1.88. The van der Waals surface area contributed by atoms with Crippen LogP contribution in [0.4, 0.5) is 13.2 Å². The van der Waals surface area contributed by atoms with Crippen LogP contribution in [-0.4, -0.2) is 28.3 Å². The van der Waals surface area contributed by atoms with Gasteiger partial charge in [0.2, 0.25) is 0 Å². The van der Waals surface area contributed by atoms with Gasteiger partial charge in [-0.05, 0) is 51.0 Å². The Morgan fingerprint density at radius 1 is 1.03 bits per heavy atom. The molecule has 0 saturated heterocycles. The van der Waals surface area contributed by atoms with Gasteiger partial charge in [-0.1, -0.05) is 30.3 Å². The van der Waals surface area contributed by atoms with Crippen molar-refractivity contribution >= 4 is 11.9 Å². The first-order valence-corrected chi connectivity index (χ1v) is 10.7. The van der Waals surface area contributed by atoms with Gasteiger partial charge in [0.1, 0.15) is 12.2 Å². The van der Waals surface area contributed by atoms with E-state index in [0.29, 0.717) is 44.1 Å². The van der Waals surface area contributed by atoms with Crippen molar-refractivity contribution in [1.29, 1.82) is 0 Å². The van der Waals surface area contributed by atoms with Crippen LogP contribution in [0.2, 0.25) is 0 Å². The summed E-state index contributed by atoms with van der Waals surface area (Å²) >= 11 is 0. The minimum absolute atomic E-state index is 0.130. The molecule has 0 amide bonds. The van der Waals surface area contributed by atoms with Crippen LogP contribution in [0.5, 0.6) is 0 Å². The Balaban J connectivity index is 1.59. The van der Waals surface area contributed by atoms with E-state index < -0.39 is 34.4 Å². The molecule has 5 rings (SSSR count). The Morgan fingerprint density at radius 2 is 1.66 bits per heavy atom. The van der Waals surface area contributed by atoms with E-state index in [1.165, 1.54) is 0 Å². The second kappa shape index (κ2) is 8.26. The molecule has 172 valence electrons. The summed E-state index contributed by atoms with van der Waals surface area (Å²) < 4.78 is 53.6. The van der Waals surface area contributed by atoms with E-state index in [4.69, 9.17) is 9.47 Å². The van der Waals surface area contributed by atoms with Gasteiger partial charge in [-0.2, -0.15) is 18.3 Å². The summed E-state index contributed by atoms with van der Waals surface area (Å²) in [5, 5.41) is 4.03. The van der Waals surface area contributed by atoms with Gasteiger partial charge >= 0.3 is 18.1 Å². The first-order valence-electron chi connectivity index (χ1n) is 10.7. The van der Waals surface area contributed by atoms with Crippen LogP contribution in [-0.2, 0) is 32.6 Å². The Bertz CT molecular complexity index is 976. The topological polar surface area (TPSA) is 70.4 Å². The fourth-order valence-electron chi connectivity index (χ4n) is 5.01. The molecule has 0 radical (unpaired) electrons. The number of carbonyl (C=O) groups excluding carboxylic acids is 2. The minimum atomic E-state index is -4.78. The van der Waals surface area contributed by atoms with E-state index in [0.717, 1.165) is 10.9 Å². The summed E-state index contributed by atoms with van der Waals surface area (Å²) in [6, 6.07) is 8.75. The van der Waals surface area contributed by atoms with E-state index in [-0.39, 0.29) is 19.2 Å². The lowest BCUT2D eigenvalue weighted by Crippen LogP contribution is -2.52. The zero-order valence-corrected chi connectivity index (χ0v) is 17.8. The number of nitrogens with zero attached hydrogens (tertiary/aromatic N) is 2. The normalized spacial score (nSPS) is 24.9. The van der Waals surface area contributed by atoms with E-state index >= 15 is 0 Å². The third kappa shape index (κ3) is 3.89. The molecule has 32 heavy (non-hydrogen) atoms. The summed E-state index contributed by atoms with van der Waals surface area (Å²) in [4.78, 5) is 25.0. The zero-order valence-electron chi connectivity index (χ0n) is 17.8. The Kier molecular flexibility index (Phi) is 5.77. The van der Waals surface area contributed by atoms with Crippen molar-refractivity contribution in [2.24, 2.45) is 5.41 Å². The van der Waals surface area contributed by atoms with E-state index in [1.807, 2.05) is 0 Å². The zero-order chi connectivity index (χ0) is 23.0. The lowest BCUT2D eigenvalue weighted by atomic mass is 9.57. The maximum atomic E-state index is 14.1. The summed E-state index contributed by atoms with van der Waals surface area (Å²) in [5.74, 6) is -1.33. The van der Waals surface area contributed by atoms with E-state index in [2.05, 4.69) is 5.10 Å². The van der Waals surface area contributed by atoms with Crippen LogP contribution < -0.4 is 0 Å². The molecular formula is C23H25F3N2O4.